The summed E-state index contributed by atoms with van der Waals surface area (Å²) in [6.07, 6.45) is 4.21. The largest absolute Gasteiger partial charge is 0.314 e. The Morgan fingerprint density at radius 1 is 1.35 bits per heavy atom. The fourth-order valence-electron chi connectivity index (χ4n) is 3.06. The average molecular weight is 272 g/mol. The van der Waals surface area contributed by atoms with Gasteiger partial charge in [-0.2, -0.15) is 0 Å². The van der Waals surface area contributed by atoms with Crippen LogP contribution >= 0.6 is 0 Å². The topological polar surface area (TPSA) is 32.6 Å². The first-order valence-corrected chi connectivity index (χ1v) is 7.41. The smallest absolute Gasteiger partial charge is 0.137 e. The van der Waals surface area contributed by atoms with E-state index in [1.54, 1.807) is 0 Å². The van der Waals surface area contributed by atoms with Crippen molar-refractivity contribution in [2.75, 3.05) is 19.6 Å². The van der Waals surface area contributed by atoms with Gasteiger partial charge in [0.1, 0.15) is 5.65 Å². The minimum atomic E-state index is 0.284. The second kappa shape index (κ2) is 5.19. The van der Waals surface area contributed by atoms with Gasteiger partial charge in [0.15, 0.2) is 0 Å². The lowest BCUT2D eigenvalue weighted by Gasteiger charge is -2.43. The minimum Gasteiger partial charge on any atom is -0.314 e. The van der Waals surface area contributed by atoms with Crippen molar-refractivity contribution in [2.24, 2.45) is 5.41 Å². The zero-order valence-corrected chi connectivity index (χ0v) is 12.6. The molecular weight excluding hydrogens is 248 g/mol. The van der Waals surface area contributed by atoms with Gasteiger partial charge in [0.05, 0.1) is 5.69 Å². The monoisotopic (exact) mass is 272 g/mol. The van der Waals surface area contributed by atoms with Gasteiger partial charge in [-0.15, -0.1) is 0 Å². The van der Waals surface area contributed by atoms with E-state index in [4.69, 9.17) is 4.98 Å². The van der Waals surface area contributed by atoms with Gasteiger partial charge in [0.25, 0.3) is 0 Å². The van der Waals surface area contributed by atoms with Gasteiger partial charge in [0, 0.05) is 44.6 Å². The molecule has 0 aromatic carbocycles. The molecule has 3 heterocycles. The zero-order valence-electron chi connectivity index (χ0n) is 12.6. The number of nitrogens with zero attached hydrogens (tertiary/aromatic N) is 3. The van der Waals surface area contributed by atoms with Crippen molar-refractivity contribution in [1.82, 2.24) is 19.6 Å². The SMILES string of the molecule is CC(C)(C)C1CNCCN1Cc1cn2ccccc2n1. The molecule has 1 atom stereocenters. The van der Waals surface area contributed by atoms with Crippen LogP contribution in [0.1, 0.15) is 26.5 Å². The summed E-state index contributed by atoms with van der Waals surface area (Å²) in [6, 6.07) is 6.69. The highest BCUT2D eigenvalue weighted by Crippen LogP contribution is 2.26. The Bertz CT molecular complexity index is 548. The lowest BCUT2D eigenvalue weighted by Crippen LogP contribution is -2.56. The zero-order chi connectivity index (χ0) is 14.2. The summed E-state index contributed by atoms with van der Waals surface area (Å²) < 4.78 is 2.10. The molecule has 3 rings (SSSR count). The maximum Gasteiger partial charge on any atom is 0.137 e. The van der Waals surface area contributed by atoms with Crippen molar-refractivity contribution in [2.45, 2.75) is 33.4 Å². The van der Waals surface area contributed by atoms with Gasteiger partial charge in [-0.25, -0.2) is 4.98 Å². The third-order valence-electron chi connectivity index (χ3n) is 4.13. The molecule has 0 aliphatic carbocycles. The summed E-state index contributed by atoms with van der Waals surface area (Å²) in [5, 5.41) is 3.52. The van der Waals surface area contributed by atoms with E-state index in [1.807, 2.05) is 12.1 Å². The Morgan fingerprint density at radius 2 is 2.20 bits per heavy atom. The van der Waals surface area contributed by atoms with Crippen LogP contribution in [0.15, 0.2) is 30.6 Å². The van der Waals surface area contributed by atoms with Crippen molar-refractivity contribution in [3.63, 3.8) is 0 Å². The highest BCUT2D eigenvalue weighted by Gasteiger charge is 2.32. The first-order valence-electron chi connectivity index (χ1n) is 7.41. The van der Waals surface area contributed by atoms with Gasteiger partial charge in [0.2, 0.25) is 0 Å². The van der Waals surface area contributed by atoms with E-state index >= 15 is 0 Å². The molecule has 2 aromatic rings. The fourth-order valence-corrected chi connectivity index (χ4v) is 3.06. The van der Waals surface area contributed by atoms with Gasteiger partial charge in [-0.3, -0.25) is 4.90 Å². The number of piperazine rings is 1. The fraction of sp³-hybridized carbons (Fsp3) is 0.562. The predicted molar refractivity (Wildman–Crippen MR) is 81.7 cm³/mol. The Hall–Kier alpha value is -1.39. The van der Waals surface area contributed by atoms with Crippen LogP contribution in [0.4, 0.5) is 0 Å². The molecule has 1 aliphatic heterocycles. The van der Waals surface area contributed by atoms with Crippen molar-refractivity contribution >= 4 is 5.65 Å². The maximum atomic E-state index is 4.72. The van der Waals surface area contributed by atoms with Crippen molar-refractivity contribution < 1.29 is 0 Å². The van der Waals surface area contributed by atoms with Crippen LogP contribution in [-0.4, -0.2) is 40.0 Å². The second-order valence-electron chi connectivity index (χ2n) is 6.75. The lowest BCUT2D eigenvalue weighted by molar-refractivity contribution is 0.0680. The van der Waals surface area contributed by atoms with Gasteiger partial charge >= 0.3 is 0 Å². The molecule has 0 bridgehead atoms. The standard InChI is InChI=1S/C16H24N4/c1-16(2,3)14-10-17-7-9-19(14)11-13-12-20-8-5-4-6-15(20)18-13/h4-6,8,12,14,17H,7,9-11H2,1-3H3. The molecule has 4 nitrogen and oxygen atoms in total. The summed E-state index contributed by atoms with van der Waals surface area (Å²) in [5.41, 5.74) is 2.48. The summed E-state index contributed by atoms with van der Waals surface area (Å²) in [7, 11) is 0. The van der Waals surface area contributed by atoms with Crippen molar-refractivity contribution in [3.05, 3.63) is 36.3 Å². The molecule has 108 valence electrons. The molecule has 1 fully saturated rings. The number of fused-ring (bicyclic) bond motifs is 1. The molecular formula is C16H24N4. The predicted octanol–water partition coefficient (Wildman–Crippen LogP) is 2.15. The molecule has 0 radical (unpaired) electrons. The Labute approximate surface area is 120 Å². The molecule has 1 unspecified atom stereocenters. The maximum absolute atomic E-state index is 4.72. The molecule has 0 spiro atoms. The van der Waals surface area contributed by atoms with Gasteiger partial charge < -0.3 is 9.72 Å². The first-order chi connectivity index (χ1) is 9.54. The van der Waals surface area contributed by atoms with E-state index < -0.39 is 0 Å². The van der Waals surface area contributed by atoms with Crippen LogP contribution in [0.3, 0.4) is 0 Å². The molecule has 1 N–H and O–H groups in total. The van der Waals surface area contributed by atoms with Crippen LogP contribution in [-0.2, 0) is 6.54 Å². The van der Waals surface area contributed by atoms with E-state index in [1.165, 1.54) is 0 Å². The Balaban J connectivity index is 1.81. The number of hydrogen-bond acceptors (Lipinski definition) is 3. The lowest BCUT2D eigenvalue weighted by atomic mass is 9.84. The van der Waals surface area contributed by atoms with E-state index in [-0.39, 0.29) is 5.41 Å². The second-order valence-corrected chi connectivity index (χ2v) is 6.75. The number of imidazole rings is 1. The van der Waals surface area contributed by atoms with Crippen LogP contribution in [0.2, 0.25) is 0 Å². The molecule has 2 aromatic heterocycles. The van der Waals surface area contributed by atoms with Crippen molar-refractivity contribution in [3.8, 4) is 0 Å². The van der Waals surface area contributed by atoms with E-state index in [2.05, 4.69) is 53.8 Å². The summed E-state index contributed by atoms with van der Waals surface area (Å²) in [4.78, 5) is 7.29. The normalized spacial score (nSPS) is 21.4. The van der Waals surface area contributed by atoms with Crippen molar-refractivity contribution in [1.29, 1.82) is 0 Å². The number of rotatable bonds is 2. The number of nitrogens with one attached hydrogen (secondary N) is 1. The number of aromatic nitrogens is 2. The van der Waals surface area contributed by atoms with E-state index in [0.717, 1.165) is 37.5 Å². The minimum absolute atomic E-state index is 0.284. The van der Waals surface area contributed by atoms with Crippen LogP contribution in [0.25, 0.3) is 5.65 Å². The van der Waals surface area contributed by atoms with E-state index in [0.29, 0.717) is 6.04 Å². The number of hydrogen-bond donors (Lipinski definition) is 1. The van der Waals surface area contributed by atoms with Crippen LogP contribution in [0.5, 0.6) is 0 Å². The Kier molecular flexibility index (Phi) is 3.52. The molecule has 20 heavy (non-hydrogen) atoms. The molecule has 0 amide bonds. The van der Waals surface area contributed by atoms with Crippen LogP contribution < -0.4 is 5.32 Å². The van der Waals surface area contributed by atoms with E-state index in [9.17, 15) is 0 Å². The molecule has 4 heteroatoms. The molecule has 1 saturated heterocycles. The third kappa shape index (κ3) is 2.72. The summed E-state index contributed by atoms with van der Waals surface area (Å²) in [5.74, 6) is 0. The number of pyridine rings is 1. The average Bonchev–Trinajstić information content (AvgIpc) is 2.80. The summed E-state index contributed by atoms with van der Waals surface area (Å²) >= 11 is 0. The highest BCUT2D eigenvalue weighted by atomic mass is 15.2. The molecule has 0 saturated carbocycles. The van der Waals surface area contributed by atoms with Gasteiger partial charge in [-0.1, -0.05) is 26.8 Å². The Morgan fingerprint density at radius 3 is 2.95 bits per heavy atom. The highest BCUT2D eigenvalue weighted by molar-refractivity contribution is 5.39. The third-order valence-corrected chi connectivity index (χ3v) is 4.13. The molecule has 1 aliphatic rings. The first kappa shape index (κ1) is 13.6. The van der Waals surface area contributed by atoms with Gasteiger partial charge in [-0.05, 0) is 17.5 Å². The quantitative estimate of drug-likeness (QED) is 0.909. The summed E-state index contributed by atoms with van der Waals surface area (Å²) in [6.45, 7) is 11.1. The van der Waals surface area contributed by atoms with Crippen LogP contribution in [0, 0.1) is 5.41 Å².